The van der Waals surface area contributed by atoms with E-state index in [1.807, 2.05) is 53.1 Å². The molecule has 5 nitrogen and oxygen atoms in total. The smallest absolute Gasteiger partial charge is 0.254 e. The number of nitrogens with zero attached hydrogens (tertiary/aromatic N) is 3. The van der Waals surface area contributed by atoms with Crippen LogP contribution in [0.4, 0.5) is 0 Å². The maximum atomic E-state index is 12.4. The minimum absolute atomic E-state index is 0.0293. The monoisotopic (exact) mass is 367 g/mol. The number of halogens is 1. The molecule has 22 heavy (non-hydrogen) atoms. The lowest BCUT2D eigenvalue weighted by Gasteiger charge is -2.35. The summed E-state index contributed by atoms with van der Waals surface area (Å²) in [4.78, 5) is 30.2. The Morgan fingerprint density at radius 2 is 1.77 bits per heavy atom. The number of hydrogen-bond donors (Lipinski definition) is 0. The average molecular weight is 368 g/mol. The molecule has 1 aromatic rings. The first-order valence-corrected chi connectivity index (χ1v) is 8.24. The fourth-order valence-corrected chi connectivity index (χ4v) is 2.84. The van der Waals surface area contributed by atoms with E-state index in [0.29, 0.717) is 38.2 Å². The van der Waals surface area contributed by atoms with Gasteiger partial charge in [0.1, 0.15) is 0 Å². The van der Waals surface area contributed by atoms with Gasteiger partial charge in [0.25, 0.3) is 5.91 Å². The van der Waals surface area contributed by atoms with Gasteiger partial charge in [-0.15, -0.1) is 0 Å². The quantitative estimate of drug-likeness (QED) is 0.813. The highest BCUT2D eigenvalue weighted by molar-refractivity contribution is 9.10. The van der Waals surface area contributed by atoms with Crippen LogP contribution in [0, 0.1) is 0 Å². The lowest BCUT2D eigenvalue weighted by Crippen LogP contribution is -2.50. The first kappa shape index (κ1) is 17.0. The van der Waals surface area contributed by atoms with Gasteiger partial charge in [-0.2, -0.15) is 0 Å². The van der Waals surface area contributed by atoms with Crippen LogP contribution in [0.25, 0.3) is 0 Å². The molecule has 1 saturated heterocycles. The fraction of sp³-hybridized carbons (Fsp3) is 0.500. The summed E-state index contributed by atoms with van der Waals surface area (Å²) >= 11 is 3.38. The first-order chi connectivity index (χ1) is 10.5. The van der Waals surface area contributed by atoms with Crippen LogP contribution in [-0.4, -0.2) is 73.3 Å². The Bertz CT molecular complexity index is 540. The molecule has 0 unspecified atom stereocenters. The third kappa shape index (κ3) is 4.55. The number of piperazine rings is 1. The van der Waals surface area contributed by atoms with Crippen molar-refractivity contribution in [3.05, 3.63) is 34.3 Å². The zero-order valence-electron chi connectivity index (χ0n) is 13.1. The van der Waals surface area contributed by atoms with E-state index < -0.39 is 0 Å². The lowest BCUT2D eigenvalue weighted by molar-refractivity contribution is -0.132. The minimum atomic E-state index is 0.0293. The van der Waals surface area contributed by atoms with Crippen LogP contribution in [0.15, 0.2) is 28.7 Å². The van der Waals surface area contributed by atoms with E-state index in [9.17, 15) is 9.59 Å². The molecule has 0 bridgehead atoms. The second-order valence-electron chi connectivity index (χ2n) is 5.74. The number of hydrogen-bond acceptors (Lipinski definition) is 3. The maximum absolute atomic E-state index is 12.4. The molecule has 0 radical (unpaired) electrons. The molecule has 0 atom stereocenters. The molecule has 0 N–H and O–H groups in total. The molecule has 2 amide bonds. The highest BCUT2D eigenvalue weighted by Gasteiger charge is 2.24. The van der Waals surface area contributed by atoms with Gasteiger partial charge in [-0.3, -0.25) is 9.59 Å². The van der Waals surface area contributed by atoms with Gasteiger partial charge in [0.2, 0.25) is 5.91 Å². The van der Waals surface area contributed by atoms with E-state index in [1.165, 1.54) is 0 Å². The van der Waals surface area contributed by atoms with Gasteiger partial charge >= 0.3 is 0 Å². The summed E-state index contributed by atoms with van der Waals surface area (Å²) in [5.41, 5.74) is 0.682. The predicted molar refractivity (Wildman–Crippen MR) is 89.8 cm³/mol. The Hall–Kier alpha value is -1.40. The van der Waals surface area contributed by atoms with Crippen molar-refractivity contribution >= 4 is 27.7 Å². The molecule has 1 aromatic carbocycles. The normalized spacial score (nSPS) is 15.3. The molecule has 1 aliphatic heterocycles. The molecule has 2 rings (SSSR count). The molecule has 1 aliphatic rings. The number of carbonyl (C=O) groups excluding carboxylic acids is 2. The fourth-order valence-electron chi connectivity index (χ4n) is 2.44. The summed E-state index contributed by atoms with van der Waals surface area (Å²) < 4.78 is 0.899. The third-order valence-corrected chi connectivity index (χ3v) is 4.26. The zero-order chi connectivity index (χ0) is 16.1. The zero-order valence-corrected chi connectivity index (χ0v) is 14.7. The van der Waals surface area contributed by atoms with Crippen LogP contribution in [0.2, 0.25) is 0 Å². The summed E-state index contributed by atoms with van der Waals surface area (Å²) in [6.45, 7) is 3.19. The van der Waals surface area contributed by atoms with E-state index in [2.05, 4.69) is 15.9 Å². The first-order valence-electron chi connectivity index (χ1n) is 7.44. The van der Waals surface area contributed by atoms with Gasteiger partial charge in [-0.05, 0) is 32.3 Å². The molecule has 0 saturated carbocycles. The molecular formula is C16H22BrN3O2. The van der Waals surface area contributed by atoms with Crippen LogP contribution >= 0.6 is 15.9 Å². The maximum Gasteiger partial charge on any atom is 0.254 e. The van der Waals surface area contributed by atoms with E-state index >= 15 is 0 Å². The van der Waals surface area contributed by atoms with Crippen LogP contribution in [0.5, 0.6) is 0 Å². The third-order valence-electron chi connectivity index (χ3n) is 3.76. The Morgan fingerprint density at radius 3 is 2.36 bits per heavy atom. The topological polar surface area (TPSA) is 43.9 Å². The largest absolute Gasteiger partial charge is 0.339 e. The van der Waals surface area contributed by atoms with E-state index in [4.69, 9.17) is 0 Å². The van der Waals surface area contributed by atoms with Gasteiger partial charge in [0.05, 0.1) is 0 Å². The van der Waals surface area contributed by atoms with Crippen LogP contribution in [0.1, 0.15) is 16.8 Å². The Kier molecular flexibility index (Phi) is 5.97. The van der Waals surface area contributed by atoms with Crippen molar-refractivity contribution in [2.24, 2.45) is 0 Å². The molecule has 6 heteroatoms. The van der Waals surface area contributed by atoms with Crippen molar-refractivity contribution in [2.45, 2.75) is 6.42 Å². The average Bonchev–Trinajstić information content (AvgIpc) is 2.52. The predicted octanol–water partition coefficient (Wildman–Crippen LogP) is 1.69. The molecule has 1 fully saturated rings. The minimum Gasteiger partial charge on any atom is -0.339 e. The molecule has 120 valence electrons. The van der Waals surface area contributed by atoms with Gasteiger partial charge in [0, 0.05) is 49.2 Å². The van der Waals surface area contributed by atoms with E-state index in [1.54, 1.807) is 0 Å². The Labute approximate surface area is 140 Å². The highest BCUT2D eigenvalue weighted by Crippen LogP contribution is 2.15. The summed E-state index contributed by atoms with van der Waals surface area (Å²) in [6.07, 6.45) is 0.534. The molecule has 1 heterocycles. The van der Waals surface area contributed by atoms with E-state index in [-0.39, 0.29) is 11.8 Å². The summed E-state index contributed by atoms with van der Waals surface area (Å²) in [6, 6.07) is 7.41. The van der Waals surface area contributed by atoms with Crippen LogP contribution in [-0.2, 0) is 4.79 Å². The second kappa shape index (κ2) is 7.74. The van der Waals surface area contributed by atoms with Crippen molar-refractivity contribution in [2.75, 3.05) is 46.8 Å². The van der Waals surface area contributed by atoms with Crippen LogP contribution < -0.4 is 0 Å². The van der Waals surface area contributed by atoms with Gasteiger partial charge in [-0.1, -0.05) is 22.0 Å². The van der Waals surface area contributed by atoms with Crippen molar-refractivity contribution in [3.8, 4) is 0 Å². The summed E-state index contributed by atoms with van der Waals surface area (Å²) in [5.74, 6) is 0.199. The Morgan fingerprint density at radius 1 is 1.14 bits per heavy atom. The number of rotatable bonds is 4. The van der Waals surface area contributed by atoms with Gasteiger partial charge in [-0.25, -0.2) is 0 Å². The van der Waals surface area contributed by atoms with Crippen molar-refractivity contribution < 1.29 is 9.59 Å². The molecule has 0 spiro atoms. The highest BCUT2D eigenvalue weighted by atomic mass is 79.9. The SMILES string of the molecule is CN(C)CCC(=O)N1CCN(C(=O)c2cccc(Br)c2)CC1. The number of benzene rings is 1. The van der Waals surface area contributed by atoms with Gasteiger partial charge < -0.3 is 14.7 Å². The van der Waals surface area contributed by atoms with Crippen molar-refractivity contribution in [1.29, 1.82) is 0 Å². The standard InChI is InChI=1S/C16H22BrN3O2/c1-18(2)7-6-15(21)19-8-10-20(11-9-19)16(22)13-4-3-5-14(17)12-13/h3-5,12H,6-11H2,1-2H3. The Balaban J connectivity index is 1.86. The number of carbonyl (C=O) groups is 2. The van der Waals surface area contributed by atoms with Crippen molar-refractivity contribution in [3.63, 3.8) is 0 Å². The molecular weight excluding hydrogens is 346 g/mol. The van der Waals surface area contributed by atoms with Crippen LogP contribution in [0.3, 0.4) is 0 Å². The van der Waals surface area contributed by atoms with Gasteiger partial charge in [0.15, 0.2) is 0 Å². The summed E-state index contributed by atoms with van der Waals surface area (Å²) in [5, 5.41) is 0. The summed E-state index contributed by atoms with van der Waals surface area (Å²) in [7, 11) is 3.92. The number of amides is 2. The second-order valence-corrected chi connectivity index (χ2v) is 6.65. The van der Waals surface area contributed by atoms with Crippen molar-refractivity contribution in [1.82, 2.24) is 14.7 Å². The molecule has 0 aliphatic carbocycles. The van der Waals surface area contributed by atoms with E-state index in [0.717, 1.165) is 11.0 Å². The lowest BCUT2D eigenvalue weighted by atomic mass is 10.2. The molecule has 0 aromatic heterocycles.